The lowest BCUT2D eigenvalue weighted by Crippen LogP contribution is -2.24. The van der Waals surface area contributed by atoms with Crippen LogP contribution in [0, 0.1) is 0 Å². The van der Waals surface area contributed by atoms with E-state index in [1.165, 1.54) is 12.8 Å². The first-order valence-electron chi connectivity index (χ1n) is 6.65. The summed E-state index contributed by atoms with van der Waals surface area (Å²) in [5.41, 5.74) is 7.57. The zero-order valence-corrected chi connectivity index (χ0v) is 11.2. The maximum Gasteiger partial charge on any atom is 0.129 e. The number of fused-ring (bicyclic) bond motifs is 1. The van der Waals surface area contributed by atoms with Crippen LogP contribution in [0.3, 0.4) is 0 Å². The van der Waals surface area contributed by atoms with Crippen molar-refractivity contribution in [2.75, 3.05) is 23.7 Å². The summed E-state index contributed by atoms with van der Waals surface area (Å²) in [4.78, 5) is 7.03. The van der Waals surface area contributed by atoms with Crippen molar-refractivity contribution in [3.8, 4) is 0 Å². The number of pyridine rings is 1. The SMILES string of the molecule is CCCCN(CC)c1ccc2cc(N)ccc2n1. The molecule has 0 amide bonds. The van der Waals surface area contributed by atoms with E-state index in [9.17, 15) is 0 Å². The summed E-state index contributed by atoms with van der Waals surface area (Å²) in [6.07, 6.45) is 2.41. The van der Waals surface area contributed by atoms with E-state index in [2.05, 4.69) is 30.9 Å². The smallest absolute Gasteiger partial charge is 0.129 e. The third-order valence-corrected chi connectivity index (χ3v) is 3.19. The Morgan fingerprint density at radius 2 is 2.00 bits per heavy atom. The predicted molar refractivity (Wildman–Crippen MR) is 79.0 cm³/mol. The van der Waals surface area contributed by atoms with Gasteiger partial charge in [-0.3, -0.25) is 0 Å². The molecule has 0 bridgehead atoms. The minimum atomic E-state index is 0.787. The van der Waals surface area contributed by atoms with Crippen LogP contribution in [0.1, 0.15) is 26.7 Å². The van der Waals surface area contributed by atoms with Gasteiger partial charge in [0, 0.05) is 24.2 Å². The lowest BCUT2D eigenvalue weighted by molar-refractivity contribution is 0.725. The second-order valence-electron chi connectivity index (χ2n) is 4.55. The van der Waals surface area contributed by atoms with Crippen LogP contribution in [-0.4, -0.2) is 18.1 Å². The molecule has 0 aliphatic heterocycles. The average Bonchev–Trinajstić information content (AvgIpc) is 2.39. The van der Waals surface area contributed by atoms with Crippen LogP contribution in [0.25, 0.3) is 10.9 Å². The van der Waals surface area contributed by atoms with Gasteiger partial charge >= 0.3 is 0 Å². The van der Waals surface area contributed by atoms with Gasteiger partial charge in [0.15, 0.2) is 0 Å². The van der Waals surface area contributed by atoms with Gasteiger partial charge in [0.1, 0.15) is 5.82 Å². The molecule has 0 aliphatic rings. The van der Waals surface area contributed by atoms with Crippen LogP contribution in [0.2, 0.25) is 0 Å². The largest absolute Gasteiger partial charge is 0.399 e. The summed E-state index contributed by atoms with van der Waals surface area (Å²) in [5.74, 6) is 1.06. The highest BCUT2D eigenvalue weighted by atomic mass is 15.2. The fourth-order valence-electron chi connectivity index (χ4n) is 2.09. The highest BCUT2D eigenvalue weighted by Crippen LogP contribution is 2.20. The molecule has 3 nitrogen and oxygen atoms in total. The molecule has 2 aromatic rings. The van der Waals surface area contributed by atoms with E-state index >= 15 is 0 Å². The van der Waals surface area contributed by atoms with Crippen molar-refractivity contribution in [2.24, 2.45) is 0 Å². The molecule has 1 heterocycles. The fraction of sp³-hybridized carbons (Fsp3) is 0.400. The maximum atomic E-state index is 5.78. The van der Waals surface area contributed by atoms with E-state index in [1.54, 1.807) is 0 Å². The summed E-state index contributed by atoms with van der Waals surface area (Å²) in [7, 11) is 0. The first kappa shape index (κ1) is 12.7. The normalized spacial score (nSPS) is 10.8. The second kappa shape index (κ2) is 5.71. The number of nitrogens with zero attached hydrogens (tertiary/aromatic N) is 2. The zero-order valence-electron chi connectivity index (χ0n) is 11.2. The quantitative estimate of drug-likeness (QED) is 0.818. The molecule has 18 heavy (non-hydrogen) atoms. The molecule has 1 aromatic heterocycles. The van der Waals surface area contributed by atoms with Gasteiger partial charge in [0.2, 0.25) is 0 Å². The van der Waals surface area contributed by atoms with Gasteiger partial charge in [0.05, 0.1) is 5.52 Å². The molecule has 0 aliphatic carbocycles. The Hall–Kier alpha value is -1.77. The summed E-state index contributed by atoms with van der Waals surface area (Å²) in [6, 6.07) is 10.0. The van der Waals surface area contributed by atoms with E-state index in [-0.39, 0.29) is 0 Å². The molecule has 0 radical (unpaired) electrons. The lowest BCUT2D eigenvalue weighted by Gasteiger charge is -2.22. The Kier molecular flexibility index (Phi) is 4.03. The van der Waals surface area contributed by atoms with Gasteiger partial charge in [0.25, 0.3) is 0 Å². The zero-order chi connectivity index (χ0) is 13.0. The Morgan fingerprint density at radius 1 is 1.17 bits per heavy atom. The van der Waals surface area contributed by atoms with Crippen molar-refractivity contribution < 1.29 is 0 Å². The second-order valence-corrected chi connectivity index (χ2v) is 4.55. The molecule has 0 spiro atoms. The fourth-order valence-corrected chi connectivity index (χ4v) is 2.09. The monoisotopic (exact) mass is 243 g/mol. The number of nitrogens with two attached hydrogens (primary N) is 1. The van der Waals surface area contributed by atoms with Gasteiger partial charge in [-0.1, -0.05) is 13.3 Å². The van der Waals surface area contributed by atoms with Crippen LogP contribution in [0.4, 0.5) is 11.5 Å². The van der Waals surface area contributed by atoms with E-state index in [0.717, 1.165) is 35.5 Å². The van der Waals surface area contributed by atoms with Crippen LogP contribution in [0.5, 0.6) is 0 Å². The van der Waals surface area contributed by atoms with Crippen molar-refractivity contribution in [1.82, 2.24) is 4.98 Å². The minimum absolute atomic E-state index is 0.787. The van der Waals surface area contributed by atoms with Crippen molar-refractivity contribution in [1.29, 1.82) is 0 Å². The molecule has 0 saturated heterocycles. The van der Waals surface area contributed by atoms with Gasteiger partial charge in [-0.2, -0.15) is 0 Å². The molecule has 0 saturated carbocycles. The first-order valence-corrected chi connectivity index (χ1v) is 6.65. The third kappa shape index (κ3) is 2.73. The number of rotatable bonds is 5. The maximum absolute atomic E-state index is 5.78. The molecular weight excluding hydrogens is 222 g/mol. The van der Waals surface area contributed by atoms with Crippen LogP contribution >= 0.6 is 0 Å². The van der Waals surface area contributed by atoms with E-state index < -0.39 is 0 Å². The molecule has 0 atom stereocenters. The molecule has 2 N–H and O–H groups in total. The van der Waals surface area contributed by atoms with Crippen LogP contribution in [-0.2, 0) is 0 Å². The summed E-state index contributed by atoms with van der Waals surface area (Å²) in [6.45, 7) is 6.45. The molecule has 0 fully saturated rings. The minimum Gasteiger partial charge on any atom is -0.399 e. The van der Waals surface area contributed by atoms with Gasteiger partial charge in [-0.05, 0) is 43.7 Å². The number of hydrogen-bond donors (Lipinski definition) is 1. The Morgan fingerprint density at radius 3 is 2.72 bits per heavy atom. The number of benzene rings is 1. The molecule has 96 valence electrons. The van der Waals surface area contributed by atoms with Crippen molar-refractivity contribution in [3.05, 3.63) is 30.3 Å². The van der Waals surface area contributed by atoms with Gasteiger partial charge in [-0.25, -0.2) is 4.98 Å². The molecule has 2 rings (SSSR count). The summed E-state index contributed by atoms with van der Waals surface area (Å²) >= 11 is 0. The van der Waals surface area contributed by atoms with Crippen LogP contribution in [0.15, 0.2) is 30.3 Å². The summed E-state index contributed by atoms with van der Waals surface area (Å²) < 4.78 is 0. The Labute approximate surface area is 109 Å². The average molecular weight is 243 g/mol. The Bertz CT molecular complexity index is 522. The number of unbranched alkanes of at least 4 members (excludes halogenated alkanes) is 1. The summed E-state index contributed by atoms with van der Waals surface area (Å²) in [5, 5.41) is 1.10. The predicted octanol–water partition coefficient (Wildman–Crippen LogP) is 3.44. The first-order chi connectivity index (χ1) is 8.74. The highest BCUT2D eigenvalue weighted by molar-refractivity contribution is 5.83. The van der Waals surface area contributed by atoms with Crippen molar-refractivity contribution in [2.45, 2.75) is 26.7 Å². The standard InChI is InChI=1S/C15H21N3/c1-3-5-10-18(4-2)15-9-6-12-11-13(16)7-8-14(12)17-15/h6-9,11H,3-5,10,16H2,1-2H3. The number of hydrogen-bond acceptors (Lipinski definition) is 3. The van der Waals surface area contributed by atoms with Crippen molar-refractivity contribution in [3.63, 3.8) is 0 Å². The Balaban J connectivity index is 2.30. The van der Waals surface area contributed by atoms with Crippen LogP contribution < -0.4 is 10.6 Å². The van der Waals surface area contributed by atoms with Crippen molar-refractivity contribution >= 4 is 22.4 Å². The van der Waals surface area contributed by atoms with E-state index in [0.29, 0.717) is 0 Å². The van der Waals surface area contributed by atoms with E-state index in [1.807, 2.05) is 18.2 Å². The lowest BCUT2D eigenvalue weighted by atomic mass is 10.2. The molecule has 1 aromatic carbocycles. The molecule has 3 heteroatoms. The number of aromatic nitrogens is 1. The topological polar surface area (TPSA) is 42.1 Å². The molecular formula is C15H21N3. The van der Waals surface area contributed by atoms with E-state index in [4.69, 9.17) is 10.7 Å². The van der Waals surface area contributed by atoms with Gasteiger partial charge in [-0.15, -0.1) is 0 Å². The number of nitrogen functional groups attached to an aromatic ring is 1. The molecule has 0 unspecified atom stereocenters. The third-order valence-electron chi connectivity index (χ3n) is 3.19. The van der Waals surface area contributed by atoms with Gasteiger partial charge < -0.3 is 10.6 Å². The number of anilines is 2. The highest BCUT2D eigenvalue weighted by Gasteiger charge is 2.06.